The Morgan fingerprint density at radius 3 is 2.47 bits per heavy atom. The highest BCUT2D eigenvalue weighted by molar-refractivity contribution is 6.00. The standard InChI is InChI=1S/C36H39F8N5O4/c1-19-10-20-12-21(11-19)34(14-20,32(51)52)47-31(50)26-15-45-30(46-29(26)36(42,43)44)27-17-49(22-4-7-33(37,38)8-5-22)28-13-23(2-3-25(27)28)53-24-6-9-48(16-24)18-35(39,40)41/h2-3,13,15,17,19-22,24H,4-12,14,16,18H2,1H3,(H,47,50)(H,51,52)/t19?,20?,21?,24-,34?/m1/s1. The Hall–Kier alpha value is -4.02. The third kappa shape index (κ3) is 7.54. The van der Waals surface area contributed by atoms with Crippen LogP contribution in [0.3, 0.4) is 0 Å². The molecule has 2 aromatic heterocycles. The summed E-state index contributed by atoms with van der Waals surface area (Å²) >= 11 is 0. The van der Waals surface area contributed by atoms with Gasteiger partial charge in [0.25, 0.3) is 5.91 Å². The van der Waals surface area contributed by atoms with Crippen molar-refractivity contribution >= 4 is 22.8 Å². The number of halogens is 8. The van der Waals surface area contributed by atoms with Gasteiger partial charge in [-0.3, -0.25) is 9.69 Å². The van der Waals surface area contributed by atoms with E-state index in [0.717, 1.165) is 12.6 Å². The fourth-order valence-corrected chi connectivity index (χ4v) is 9.14. The van der Waals surface area contributed by atoms with E-state index in [0.29, 0.717) is 30.2 Å². The number of aliphatic carboxylic acids is 1. The Kier molecular flexibility index (Phi) is 9.41. The number of hydrogen-bond donors (Lipinski definition) is 2. The third-order valence-corrected chi connectivity index (χ3v) is 11.4. The zero-order chi connectivity index (χ0) is 38.1. The summed E-state index contributed by atoms with van der Waals surface area (Å²) in [5.74, 6) is -5.76. The predicted molar refractivity (Wildman–Crippen MR) is 174 cm³/mol. The lowest BCUT2D eigenvalue weighted by atomic mass is 9.78. The zero-order valence-corrected chi connectivity index (χ0v) is 28.7. The number of fused-ring (bicyclic) bond motifs is 3. The average molecular weight is 758 g/mol. The zero-order valence-electron chi connectivity index (χ0n) is 28.7. The summed E-state index contributed by atoms with van der Waals surface area (Å²) in [6.07, 6.45) is -6.28. The molecule has 9 nitrogen and oxygen atoms in total. The lowest BCUT2D eigenvalue weighted by molar-refractivity contribution is -0.146. The number of nitrogens with zero attached hydrogens (tertiary/aromatic N) is 4. The molecule has 53 heavy (non-hydrogen) atoms. The molecule has 3 heterocycles. The third-order valence-electron chi connectivity index (χ3n) is 11.4. The molecule has 4 unspecified atom stereocenters. The molecule has 4 fully saturated rings. The number of alkyl halides is 8. The molecule has 1 saturated heterocycles. The second-order valence-electron chi connectivity index (χ2n) is 15.4. The maximum Gasteiger partial charge on any atom is 0.434 e. The van der Waals surface area contributed by atoms with Crippen molar-refractivity contribution in [2.24, 2.45) is 17.8 Å². The summed E-state index contributed by atoms with van der Waals surface area (Å²) in [5, 5.41) is 13.1. The molecule has 0 radical (unpaired) electrons. The van der Waals surface area contributed by atoms with Crippen LogP contribution in [0.15, 0.2) is 30.6 Å². The quantitative estimate of drug-likeness (QED) is 0.225. The largest absolute Gasteiger partial charge is 0.489 e. The summed E-state index contributed by atoms with van der Waals surface area (Å²) in [4.78, 5) is 35.3. The molecule has 0 spiro atoms. The van der Waals surface area contributed by atoms with Crippen LogP contribution in [-0.4, -0.2) is 79.8 Å². The lowest BCUT2D eigenvalue weighted by Gasteiger charge is -2.33. The van der Waals surface area contributed by atoms with E-state index in [1.54, 1.807) is 16.7 Å². The maximum absolute atomic E-state index is 14.6. The lowest BCUT2D eigenvalue weighted by Crippen LogP contribution is -2.57. The number of rotatable bonds is 8. The van der Waals surface area contributed by atoms with Crippen LogP contribution in [0.5, 0.6) is 5.75 Å². The smallest absolute Gasteiger partial charge is 0.434 e. The number of aromatic nitrogens is 3. The van der Waals surface area contributed by atoms with Gasteiger partial charge in [-0.2, -0.15) is 26.3 Å². The highest BCUT2D eigenvalue weighted by Gasteiger charge is 2.56. The predicted octanol–water partition coefficient (Wildman–Crippen LogP) is 7.89. The number of carbonyl (C=O) groups is 2. The molecule has 3 aliphatic carbocycles. The number of likely N-dealkylation sites (tertiary alicyclic amines) is 1. The van der Waals surface area contributed by atoms with Gasteiger partial charge in [0, 0.05) is 61.4 Å². The van der Waals surface area contributed by atoms with Gasteiger partial charge >= 0.3 is 18.3 Å². The van der Waals surface area contributed by atoms with E-state index in [-0.39, 0.29) is 55.5 Å². The highest BCUT2D eigenvalue weighted by atomic mass is 19.4. The van der Waals surface area contributed by atoms with Gasteiger partial charge in [0.1, 0.15) is 17.4 Å². The summed E-state index contributed by atoms with van der Waals surface area (Å²) < 4.78 is 119. The van der Waals surface area contributed by atoms with Crippen LogP contribution in [0, 0.1) is 17.8 Å². The second-order valence-corrected chi connectivity index (χ2v) is 15.4. The Morgan fingerprint density at radius 1 is 1.06 bits per heavy atom. The van der Waals surface area contributed by atoms with Crippen molar-refractivity contribution in [1.29, 1.82) is 0 Å². The van der Waals surface area contributed by atoms with Gasteiger partial charge in [-0.1, -0.05) is 6.92 Å². The number of hydrogen-bond acceptors (Lipinski definition) is 6. The highest BCUT2D eigenvalue weighted by Crippen LogP contribution is 2.51. The molecule has 2 N–H and O–H groups in total. The molecular weight excluding hydrogens is 718 g/mol. The summed E-state index contributed by atoms with van der Waals surface area (Å²) in [6.45, 7) is 1.11. The van der Waals surface area contributed by atoms with Crippen molar-refractivity contribution in [2.75, 3.05) is 19.6 Å². The maximum atomic E-state index is 14.6. The molecule has 17 heteroatoms. The number of nitrogens with one attached hydrogen (secondary N) is 1. The fraction of sp³-hybridized carbons (Fsp3) is 0.611. The topological polar surface area (TPSA) is 110 Å². The van der Waals surface area contributed by atoms with Gasteiger partial charge in [0.15, 0.2) is 11.5 Å². The van der Waals surface area contributed by atoms with E-state index in [4.69, 9.17) is 4.74 Å². The molecule has 3 aromatic rings. The van der Waals surface area contributed by atoms with Crippen LogP contribution >= 0.6 is 0 Å². The Labute approximate surface area is 299 Å². The first-order chi connectivity index (χ1) is 24.8. The molecule has 1 aromatic carbocycles. The van der Waals surface area contributed by atoms with E-state index in [2.05, 4.69) is 15.3 Å². The van der Waals surface area contributed by atoms with Crippen LogP contribution in [0.25, 0.3) is 22.3 Å². The number of benzene rings is 1. The monoisotopic (exact) mass is 757 g/mol. The van der Waals surface area contributed by atoms with E-state index < -0.39 is 90.2 Å². The summed E-state index contributed by atoms with van der Waals surface area (Å²) in [6, 6.07) is 4.18. The molecule has 7 rings (SSSR count). The molecule has 288 valence electrons. The van der Waals surface area contributed by atoms with Crippen LogP contribution in [0.4, 0.5) is 35.1 Å². The van der Waals surface area contributed by atoms with Crippen molar-refractivity contribution in [3.63, 3.8) is 0 Å². The molecule has 4 aliphatic rings. The molecule has 2 bridgehead atoms. The van der Waals surface area contributed by atoms with Gasteiger partial charge < -0.3 is 19.7 Å². The first kappa shape index (κ1) is 37.3. The van der Waals surface area contributed by atoms with Crippen molar-refractivity contribution in [1.82, 2.24) is 24.8 Å². The van der Waals surface area contributed by atoms with Crippen LogP contribution < -0.4 is 10.1 Å². The van der Waals surface area contributed by atoms with Crippen LogP contribution in [0.1, 0.15) is 86.8 Å². The molecule has 3 saturated carbocycles. The summed E-state index contributed by atoms with van der Waals surface area (Å²) in [5.41, 5.74) is -3.67. The Morgan fingerprint density at radius 2 is 1.79 bits per heavy atom. The number of carbonyl (C=O) groups excluding carboxylic acids is 1. The Bertz CT molecular complexity index is 1890. The van der Waals surface area contributed by atoms with Gasteiger partial charge in [-0.15, -0.1) is 0 Å². The number of carboxylic acid groups (broad SMARTS) is 1. The van der Waals surface area contributed by atoms with Crippen molar-refractivity contribution in [3.8, 4) is 17.1 Å². The minimum absolute atomic E-state index is 0.0155. The number of ether oxygens (including phenoxy) is 1. The minimum Gasteiger partial charge on any atom is -0.489 e. The number of carboxylic acids is 1. The van der Waals surface area contributed by atoms with Crippen LogP contribution in [-0.2, 0) is 11.0 Å². The minimum atomic E-state index is -5.14. The molecule has 5 atom stereocenters. The average Bonchev–Trinajstić information content (AvgIpc) is 3.73. The Balaban J connectivity index is 1.23. The van der Waals surface area contributed by atoms with E-state index in [1.807, 2.05) is 6.92 Å². The van der Waals surface area contributed by atoms with E-state index in [9.17, 15) is 49.8 Å². The molecule has 1 aliphatic heterocycles. The summed E-state index contributed by atoms with van der Waals surface area (Å²) in [7, 11) is 0. The van der Waals surface area contributed by atoms with Crippen molar-refractivity contribution < 1.29 is 54.6 Å². The van der Waals surface area contributed by atoms with Gasteiger partial charge in [-0.25, -0.2) is 23.5 Å². The number of amides is 1. The van der Waals surface area contributed by atoms with Crippen molar-refractivity contribution in [2.45, 2.75) is 101 Å². The van der Waals surface area contributed by atoms with Crippen LogP contribution in [0.2, 0.25) is 0 Å². The fourth-order valence-electron chi connectivity index (χ4n) is 9.14. The van der Waals surface area contributed by atoms with Crippen molar-refractivity contribution in [3.05, 3.63) is 41.9 Å². The van der Waals surface area contributed by atoms with E-state index in [1.165, 1.54) is 17.2 Å². The molecule has 1 amide bonds. The van der Waals surface area contributed by atoms with Gasteiger partial charge in [-0.05, 0) is 74.8 Å². The van der Waals surface area contributed by atoms with Gasteiger partial charge in [0.05, 0.1) is 17.6 Å². The molecular formula is C36H39F8N5O4. The second kappa shape index (κ2) is 13.4. The van der Waals surface area contributed by atoms with E-state index >= 15 is 0 Å². The first-order valence-corrected chi connectivity index (χ1v) is 17.8. The van der Waals surface area contributed by atoms with Gasteiger partial charge in [0.2, 0.25) is 5.92 Å². The first-order valence-electron chi connectivity index (χ1n) is 17.8. The SMILES string of the molecule is CC1CC2CC(C1)C(NC(=O)c1cnc(-c3cn(C4CCC(F)(F)CC4)c4cc(O[C@@H]5CCN(CC(F)(F)F)C5)ccc34)nc1C(F)(F)F)(C(=O)O)C2. The normalized spacial score (nSPS) is 28.0.